The van der Waals surface area contributed by atoms with E-state index in [-0.39, 0.29) is 17.4 Å². The standard InChI is InChI=1S/C39H47Cl2N5O4/c1-6-50-33-25-29(38(2,3)4)11-16-32(33)36-42-39(5,28-9-14-31(41)15-10-28)35(27-7-12-30(40)13-8-27)46(36)37(48)45-19-17-43(18-20-45)26-34(47)44-21-23-49-24-22-44/h7-16,25,35H,6,17-24,26H2,1-5H3. The van der Waals surface area contributed by atoms with Gasteiger partial charge in [-0.15, -0.1) is 0 Å². The number of urea groups is 1. The van der Waals surface area contributed by atoms with Gasteiger partial charge in [0.05, 0.1) is 38.0 Å². The summed E-state index contributed by atoms with van der Waals surface area (Å²) in [7, 11) is 0. The van der Waals surface area contributed by atoms with Gasteiger partial charge in [0.1, 0.15) is 17.1 Å². The largest absolute Gasteiger partial charge is 0.493 e. The molecule has 0 N–H and O–H groups in total. The molecule has 2 saturated heterocycles. The van der Waals surface area contributed by atoms with Crippen LogP contribution < -0.4 is 4.74 Å². The molecule has 3 aliphatic rings. The zero-order valence-electron chi connectivity index (χ0n) is 29.6. The topological polar surface area (TPSA) is 77.9 Å². The van der Waals surface area contributed by atoms with Crippen molar-refractivity contribution in [3.63, 3.8) is 0 Å². The van der Waals surface area contributed by atoms with Crippen LogP contribution in [0.1, 0.15) is 62.9 Å². The molecule has 2 fully saturated rings. The molecule has 0 saturated carbocycles. The van der Waals surface area contributed by atoms with E-state index < -0.39 is 11.6 Å². The molecular formula is C39H47Cl2N5O4. The van der Waals surface area contributed by atoms with Crippen LogP contribution in [0.15, 0.2) is 71.7 Å². The van der Waals surface area contributed by atoms with Crippen LogP contribution in [0, 0.1) is 0 Å². The minimum Gasteiger partial charge on any atom is -0.493 e. The number of aliphatic imine (C=N–C) groups is 1. The van der Waals surface area contributed by atoms with Gasteiger partial charge >= 0.3 is 6.03 Å². The van der Waals surface area contributed by atoms with E-state index in [9.17, 15) is 4.79 Å². The second-order valence-corrected chi connectivity index (χ2v) is 15.2. The van der Waals surface area contributed by atoms with Crippen LogP contribution >= 0.6 is 23.2 Å². The van der Waals surface area contributed by atoms with Crippen molar-refractivity contribution in [1.82, 2.24) is 19.6 Å². The Morgan fingerprint density at radius 3 is 2.10 bits per heavy atom. The summed E-state index contributed by atoms with van der Waals surface area (Å²) in [6, 6.07) is 20.9. The number of benzene rings is 3. The first kappa shape index (κ1) is 36.2. The third kappa shape index (κ3) is 7.52. The van der Waals surface area contributed by atoms with Gasteiger partial charge in [-0.05, 0) is 72.4 Å². The molecular weight excluding hydrogens is 673 g/mol. The number of carbonyl (C=O) groups excluding carboxylic acids is 2. The summed E-state index contributed by atoms with van der Waals surface area (Å²) < 4.78 is 11.7. The van der Waals surface area contributed by atoms with Crippen LogP contribution in [-0.2, 0) is 20.5 Å². The van der Waals surface area contributed by atoms with Crippen molar-refractivity contribution in [1.29, 1.82) is 0 Å². The molecule has 266 valence electrons. The number of ether oxygens (including phenoxy) is 2. The summed E-state index contributed by atoms with van der Waals surface area (Å²) in [5, 5.41) is 1.23. The number of morpholine rings is 1. The van der Waals surface area contributed by atoms with E-state index in [2.05, 4.69) is 44.7 Å². The van der Waals surface area contributed by atoms with E-state index in [1.54, 1.807) is 0 Å². The molecule has 3 aromatic carbocycles. The van der Waals surface area contributed by atoms with E-state index >= 15 is 4.79 Å². The molecule has 3 heterocycles. The Morgan fingerprint density at radius 1 is 0.880 bits per heavy atom. The fourth-order valence-electron chi connectivity index (χ4n) is 7.03. The van der Waals surface area contributed by atoms with Crippen LogP contribution in [0.5, 0.6) is 5.75 Å². The van der Waals surface area contributed by atoms with Gasteiger partial charge in [0.15, 0.2) is 0 Å². The number of nitrogens with zero attached hydrogens (tertiary/aromatic N) is 5. The molecule has 0 bridgehead atoms. The molecule has 3 amide bonds. The molecule has 2 atom stereocenters. The van der Waals surface area contributed by atoms with Crippen molar-refractivity contribution >= 4 is 41.0 Å². The Hall–Kier alpha value is -3.63. The second-order valence-electron chi connectivity index (χ2n) is 14.3. The average Bonchev–Trinajstić information content (AvgIpc) is 3.42. The number of amidine groups is 1. The Balaban J connectivity index is 1.40. The van der Waals surface area contributed by atoms with Gasteiger partial charge in [-0.1, -0.05) is 74.3 Å². The summed E-state index contributed by atoms with van der Waals surface area (Å²) in [6.07, 6.45) is 0. The zero-order chi connectivity index (χ0) is 35.6. The van der Waals surface area contributed by atoms with Crippen molar-refractivity contribution in [2.24, 2.45) is 4.99 Å². The summed E-state index contributed by atoms with van der Waals surface area (Å²) in [6.45, 7) is 15.8. The fraction of sp³-hybridized carbons (Fsp3) is 0.462. The molecule has 0 radical (unpaired) electrons. The highest BCUT2D eigenvalue weighted by molar-refractivity contribution is 6.30. The molecule has 0 aromatic heterocycles. The number of rotatable bonds is 7. The Bertz CT molecular complexity index is 1710. The summed E-state index contributed by atoms with van der Waals surface area (Å²) in [5.74, 6) is 1.32. The molecule has 9 nitrogen and oxygen atoms in total. The van der Waals surface area contributed by atoms with Gasteiger partial charge in [0.2, 0.25) is 5.91 Å². The maximum atomic E-state index is 15.1. The molecule has 6 rings (SSSR count). The lowest BCUT2D eigenvalue weighted by Crippen LogP contribution is -2.56. The SMILES string of the molecule is CCOc1cc(C(C)(C)C)ccc1C1=NC(C)(c2ccc(Cl)cc2)C(c2ccc(Cl)cc2)N1C(=O)N1CCN(CC(=O)N2CCOCC2)CC1. The van der Waals surface area contributed by atoms with Crippen LogP contribution in [0.3, 0.4) is 0 Å². The number of hydrogen-bond acceptors (Lipinski definition) is 6. The first-order valence-electron chi connectivity index (χ1n) is 17.4. The minimum atomic E-state index is -0.887. The normalized spacial score (nSPS) is 21.7. The van der Waals surface area contributed by atoms with Crippen LogP contribution in [0.25, 0.3) is 0 Å². The van der Waals surface area contributed by atoms with E-state index in [1.165, 1.54) is 0 Å². The van der Waals surface area contributed by atoms with Gasteiger partial charge in [0, 0.05) is 49.3 Å². The molecule has 50 heavy (non-hydrogen) atoms. The van der Waals surface area contributed by atoms with Gasteiger partial charge in [-0.3, -0.25) is 19.6 Å². The zero-order valence-corrected chi connectivity index (χ0v) is 31.1. The third-order valence-electron chi connectivity index (χ3n) is 9.93. The van der Waals surface area contributed by atoms with Crippen molar-refractivity contribution < 1.29 is 19.1 Å². The Labute approximate surface area is 305 Å². The molecule has 0 spiro atoms. The fourth-order valence-corrected chi connectivity index (χ4v) is 7.28. The van der Waals surface area contributed by atoms with Crippen molar-refractivity contribution in [3.05, 3.63) is 99.0 Å². The lowest BCUT2D eigenvalue weighted by molar-refractivity contribution is -0.136. The highest BCUT2D eigenvalue weighted by Crippen LogP contribution is 2.50. The number of hydrogen-bond donors (Lipinski definition) is 0. The second kappa shape index (κ2) is 14.9. The number of halogens is 2. The highest BCUT2D eigenvalue weighted by Gasteiger charge is 2.52. The van der Waals surface area contributed by atoms with E-state index in [0.29, 0.717) is 87.3 Å². The third-order valence-corrected chi connectivity index (χ3v) is 10.4. The van der Waals surface area contributed by atoms with Gasteiger partial charge in [-0.2, -0.15) is 0 Å². The van der Waals surface area contributed by atoms with Crippen LogP contribution in [-0.4, -0.2) is 103 Å². The van der Waals surface area contributed by atoms with Crippen LogP contribution in [0.2, 0.25) is 10.0 Å². The van der Waals surface area contributed by atoms with Crippen molar-refractivity contribution in [2.75, 3.05) is 65.6 Å². The first-order chi connectivity index (χ1) is 23.9. The van der Waals surface area contributed by atoms with Gasteiger partial charge in [-0.25, -0.2) is 4.79 Å². The Morgan fingerprint density at radius 2 is 1.50 bits per heavy atom. The number of amides is 3. The van der Waals surface area contributed by atoms with E-state index in [4.69, 9.17) is 37.7 Å². The minimum absolute atomic E-state index is 0.103. The average molecular weight is 721 g/mol. The molecule has 11 heteroatoms. The summed E-state index contributed by atoms with van der Waals surface area (Å²) in [5.41, 5.74) is 2.70. The molecule has 3 aromatic rings. The molecule has 2 unspecified atom stereocenters. The smallest absolute Gasteiger partial charge is 0.326 e. The van der Waals surface area contributed by atoms with Crippen LogP contribution in [0.4, 0.5) is 4.79 Å². The Kier molecular flexibility index (Phi) is 10.8. The highest BCUT2D eigenvalue weighted by atomic mass is 35.5. The lowest BCUT2D eigenvalue weighted by atomic mass is 9.81. The number of carbonyl (C=O) groups is 2. The van der Waals surface area contributed by atoms with Gasteiger partial charge < -0.3 is 19.3 Å². The summed E-state index contributed by atoms with van der Waals surface area (Å²) in [4.78, 5) is 41.3. The van der Waals surface area contributed by atoms with Crippen molar-refractivity contribution in [3.8, 4) is 5.75 Å². The van der Waals surface area contributed by atoms with Gasteiger partial charge in [0.25, 0.3) is 0 Å². The molecule has 0 aliphatic carbocycles. The lowest BCUT2D eigenvalue weighted by Gasteiger charge is -2.41. The maximum absolute atomic E-state index is 15.1. The van der Waals surface area contributed by atoms with E-state index in [0.717, 1.165) is 22.3 Å². The number of piperazine rings is 1. The van der Waals surface area contributed by atoms with E-state index in [1.807, 2.05) is 76.2 Å². The monoisotopic (exact) mass is 719 g/mol. The predicted molar refractivity (Wildman–Crippen MR) is 198 cm³/mol. The first-order valence-corrected chi connectivity index (χ1v) is 18.2. The predicted octanol–water partition coefficient (Wildman–Crippen LogP) is 7.00. The molecule has 3 aliphatic heterocycles. The quantitative estimate of drug-likeness (QED) is 0.263. The summed E-state index contributed by atoms with van der Waals surface area (Å²) >= 11 is 12.8. The maximum Gasteiger partial charge on any atom is 0.326 e. The van der Waals surface area contributed by atoms with Crippen molar-refractivity contribution in [2.45, 2.75) is 51.6 Å².